The van der Waals surface area contributed by atoms with Crippen molar-refractivity contribution in [2.75, 3.05) is 5.75 Å². The zero-order valence-corrected chi connectivity index (χ0v) is 10.1. The van der Waals surface area contributed by atoms with Crippen LogP contribution in [0.15, 0.2) is 0 Å². The molecule has 0 fully saturated rings. The third-order valence-corrected chi connectivity index (χ3v) is 1.33. The van der Waals surface area contributed by atoms with Crippen molar-refractivity contribution in [1.82, 2.24) is 0 Å². The number of terminal acetylenes is 1. The van der Waals surface area contributed by atoms with Crippen LogP contribution in [0, 0.1) is 71.7 Å². The minimum atomic E-state index is -0.441. The Bertz CT molecular complexity index is 668. The minimum absolute atomic E-state index is 0. The van der Waals surface area contributed by atoms with E-state index in [4.69, 9.17) is 6.42 Å². The molecular formula is C15H30O2S. The first-order valence-electron chi connectivity index (χ1n) is 4.57. The van der Waals surface area contributed by atoms with Gasteiger partial charge in [0, 0.05) is 52.5 Å². The Kier molecular flexibility index (Phi) is 10.3. The lowest BCUT2D eigenvalue weighted by molar-refractivity contribution is -0.136. The van der Waals surface area contributed by atoms with Crippen molar-refractivity contribution in [2.45, 2.75) is 6.42 Å². The summed E-state index contributed by atoms with van der Waals surface area (Å²) in [5.41, 5.74) is 0. The molecule has 0 saturated carbocycles. The fourth-order valence-electron chi connectivity index (χ4n) is 0.505. The van der Waals surface area contributed by atoms with Crippen LogP contribution in [-0.4, -0.2) is 11.7 Å². The summed E-state index contributed by atoms with van der Waals surface area (Å²) in [6.07, 6.45) is 7.21. The Balaban J connectivity index is -0.0000000219. The molecule has 0 saturated heterocycles. The van der Waals surface area contributed by atoms with Gasteiger partial charge in [-0.1, -0.05) is 0 Å². The molecule has 3 heteroatoms. The standard InChI is InChI=1S/C15H6O2S.12H2/c1-2-3-4-5-6-7-8-9-10-11-13-17-15(16)12-14-18;;;;;;;;;;;;/h1,18H,12,14H2;12*1H. The first-order valence-corrected chi connectivity index (χ1v) is 5.20. The summed E-state index contributed by atoms with van der Waals surface area (Å²) in [5.74, 6) is 23.5. The van der Waals surface area contributed by atoms with E-state index in [0.29, 0.717) is 5.75 Å². The lowest BCUT2D eigenvalue weighted by atomic mass is 10.5. The van der Waals surface area contributed by atoms with Gasteiger partial charge >= 0.3 is 5.97 Å². The van der Waals surface area contributed by atoms with E-state index in [1.165, 1.54) is 0 Å². The molecule has 0 heterocycles. The first-order chi connectivity index (χ1) is 8.81. The average Bonchev–Trinajstić information content (AvgIpc) is 2.36. The number of rotatable bonds is 2. The van der Waals surface area contributed by atoms with Crippen LogP contribution in [0.3, 0.4) is 0 Å². The Morgan fingerprint density at radius 3 is 2.00 bits per heavy atom. The van der Waals surface area contributed by atoms with Crippen LogP contribution in [0.2, 0.25) is 0 Å². The van der Waals surface area contributed by atoms with E-state index in [0.717, 1.165) is 0 Å². The SMILES string of the molecule is C#CC#CC#CC#CC#CC#COC(=O)CCS.[HH].[HH].[HH].[HH].[HH].[HH].[HH].[HH].[HH].[HH].[HH].[HH]. The van der Waals surface area contributed by atoms with Crippen LogP contribution in [0.1, 0.15) is 23.5 Å². The highest BCUT2D eigenvalue weighted by Gasteiger charge is 1.96. The molecule has 0 amide bonds. The van der Waals surface area contributed by atoms with Gasteiger partial charge in [0.25, 0.3) is 0 Å². The zero-order chi connectivity index (χ0) is 13.5. The third kappa shape index (κ3) is 11.3. The molecule has 0 aromatic rings. The van der Waals surface area contributed by atoms with Crippen LogP contribution in [-0.2, 0) is 9.53 Å². The highest BCUT2D eigenvalue weighted by atomic mass is 32.1. The maximum absolute atomic E-state index is 10.8. The highest BCUT2D eigenvalue weighted by molar-refractivity contribution is 7.80. The highest BCUT2D eigenvalue weighted by Crippen LogP contribution is 1.86. The smallest absolute Gasteiger partial charge is 0.320 e. The monoisotopic (exact) mass is 274 g/mol. The van der Waals surface area contributed by atoms with Gasteiger partial charge in [0.2, 0.25) is 0 Å². The maximum Gasteiger partial charge on any atom is 0.320 e. The lowest BCUT2D eigenvalue weighted by Crippen LogP contribution is -1.99. The molecule has 0 aromatic heterocycles. The molecule has 108 valence electrons. The van der Waals surface area contributed by atoms with Crippen molar-refractivity contribution in [2.24, 2.45) is 0 Å². The predicted molar refractivity (Wildman–Crippen MR) is 97.6 cm³/mol. The molecule has 0 spiro atoms. The second kappa shape index (κ2) is 12.3. The van der Waals surface area contributed by atoms with Gasteiger partial charge in [-0.05, 0) is 29.6 Å². The van der Waals surface area contributed by atoms with Gasteiger partial charge in [-0.2, -0.15) is 12.6 Å². The Morgan fingerprint density at radius 2 is 1.50 bits per heavy atom. The molecule has 0 atom stereocenters. The molecular weight excluding hydrogens is 244 g/mol. The van der Waals surface area contributed by atoms with E-state index in [1.807, 2.05) is 0 Å². The topological polar surface area (TPSA) is 26.3 Å². The van der Waals surface area contributed by atoms with Gasteiger partial charge in [-0.15, -0.1) is 6.42 Å². The van der Waals surface area contributed by atoms with Gasteiger partial charge in [0.1, 0.15) is 6.11 Å². The quantitative estimate of drug-likeness (QED) is 0.474. The largest absolute Gasteiger partial charge is 0.371 e. The molecule has 0 aliphatic rings. The molecule has 0 unspecified atom stereocenters. The van der Waals surface area contributed by atoms with Crippen molar-refractivity contribution < 1.29 is 26.7 Å². The summed E-state index contributed by atoms with van der Waals surface area (Å²) in [5, 5.41) is 0. The molecule has 2 nitrogen and oxygen atoms in total. The second-order valence-corrected chi connectivity index (χ2v) is 2.77. The third-order valence-electron chi connectivity index (χ3n) is 1.10. The Labute approximate surface area is 130 Å². The minimum Gasteiger partial charge on any atom is -0.371 e. The van der Waals surface area contributed by atoms with Crippen LogP contribution in [0.25, 0.3) is 0 Å². The van der Waals surface area contributed by atoms with Gasteiger partial charge in [0.15, 0.2) is 0 Å². The Morgan fingerprint density at radius 1 is 1.00 bits per heavy atom. The number of thiol groups is 1. The van der Waals surface area contributed by atoms with Crippen LogP contribution in [0.4, 0.5) is 0 Å². The molecule has 18 heavy (non-hydrogen) atoms. The van der Waals surface area contributed by atoms with Crippen molar-refractivity contribution >= 4 is 18.6 Å². The average molecular weight is 274 g/mol. The van der Waals surface area contributed by atoms with Crippen molar-refractivity contribution in [3.05, 3.63) is 0 Å². The lowest BCUT2D eigenvalue weighted by Gasteiger charge is -1.89. The maximum atomic E-state index is 10.8. The van der Waals surface area contributed by atoms with Crippen molar-refractivity contribution in [3.8, 4) is 71.7 Å². The summed E-state index contributed by atoms with van der Waals surface area (Å²) in [4.78, 5) is 10.8. The predicted octanol–water partition coefficient (Wildman–Crippen LogP) is 3.41. The number of carbonyl (C=O) groups excluding carboxylic acids is 1. The fourth-order valence-corrected chi connectivity index (χ4v) is 0.688. The molecule has 0 aromatic carbocycles. The van der Waals surface area contributed by atoms with E-state index < -0.39 is 5.97 Å². The van der Waals surface area contributed by atoms with E-state index in [2.05, 4.69) is 82.7 Å². The van der Waals surface area contributed by atoms with Crippen LogP contribution >= 0.6 is 12.6 Å². The summed E-state index contributed by atoms with van der Waals surface area (Å²) < 4.78 is 4.49. The molecule has 0 aliphatic heterocycles. The van der Waals surface area contributed by atoms with Gasteiger partial charge < -0.3 is 4.74 Å². The fraction of sp³-hybridized carbons (Fsp3) is 0.133. The number of hydrogen-bond donors (Lipinski definition) is 1. The molecule has 0 bridgehead atoms. The summed E-state index contributed by atoms with van der Waals surface area (Å²) in [6.45, 7) is 0. The van der Waals surface area contributed by atoms with Crippen molar-refractivity contribution in [1.29, 1.82) is 0 Å². The molecule has 0 rings (SSSR count). The number of esters is 1. The summed E-state index contributed by atoms with van der Waals surface area (Å²) in [6, 6.07) is 0. The summed E-state index contributed by atoms with van der Waals surface area (Å²) in [7, 11) is 0. The van der Waals surface area contributed by atoms with Crippen molar-refractivity contribution in [3.63, 3.8) is 0 Å². The normalized spacial score (nSPS) is 5.56. The molecule has 0 N–H and O–H groups in total. The number of carbonyl (C=O) groups is 1. The van der Waals surface area contributed by atoms with E-state index in [1.54, 1.807) is 0 Å². The zero-order valence-electron chi connectivity index (χ0n) is 9.26. The number of hydrogen-bond acceptors (Lipinski definition) is 3. The van der Waals surface area contributed by atoms with Crippen LogP contribution in [0.5, 0.6) is 0 Å². The van der Waals surface area contributed by atoms with Crippen LogP contribution < -0.4 is 0 Å². The molecule has 0 aliphatic carbocycles. The van der Waals surface area contributed by atoms with E-state index in [9.17, 15) is 4.79 Å². The summed E-state index contributed by atoms with van der Waals surface area (Å²) >= 11 is 3.86. The van der Waals surface area contributed by atoms with Gasteiger partial charge in [-0.3, -0.25) is 4.79 Å². The Hall–Kier alpha value is -2.82. The van der Waals surface area contributed by atoms with E-state index >= 15 is 0 Å². The van der Waals surface area contributed by atoms with E-state index in [-0.39, 0.29) is 23.5 Å². The molecule has 0 radical (unpaired) electrons. The van der Waals surface area contributed by atoms with Gasteiger partial charge in [-0.25, -0.2) is 0 Å². The number of ether oxygens (including phenoxy) is 1. The second-order valence-electron chi connectivity index (χ2n) is 2.32. The van der Waals surface area contributed by atoms with Gasteiger partial charge in [0.05, 0.1) is 6.42 Å². The first kappa shape index (κ1) is 15.2.